The summed E-state index contributed by atoms with van der Waals surface area (Å²) in [5, 5.41) is 8.25. The first kappa shape index (κ1) is 22.4. The molecule has 1 unspecified atom stereocenters. The molecule has 1 fully saturated rings. The Morgan fingerprint density at radius 3 is 2.72 bits per heavy atom. The predicted molar refractivity (Wildman–Crippen MR) is 122 cm³/mol. The molecule has 1 amide bonds. The zero-order valence-corrected chi connectivity index (χ0v) is 19.3. The molecule has 0 radical (unpaired) electrons. The summed E-state index contributed by atoms with van der Waals surface area (Å²) in [7, 11) is -1.95. The van der Waals surface area contributed by atoms with Crippen LogP contribution in [-0.4, -0.2) is 58.7 Å². The van der Waals surface area contributed by atoms with Gasteiger partial charge >= 0.3 is 0 Å². The van der Waals surface area contributed by atoms with Gasteiger partial charge in [0.25, 0.3) is 0 Å². The first-order valence-electron chi connectivity index (χ1n) is 11.0. The first-order valence-corrected chi connectivity index (χ1v) is 12.5. The van der Waals surface area contributed by atoms with Crippen LogP contribution in [0.2, 0.25) is 0 Å². The average molecular weight is 456 g/mol. The largest absolute Gasteiger partial charge is 0.341 e. The molecule has 1 saturated heterocycles. The molecule has 32 heavy (non-hydrogen) atoms. The van der Waals surface area contributed by atoms with Gasteiger partial charge in [-0.25, -0.2) is 13.1 Å². The number of amides is 1. The summed E-state index contributed by atoms with van der Waals surface area (Å²) in [6.45, 7) is 3.90. The number of nitrogens with zero attached hydrogens (tertiary/aromatic N) is 5. The molecule has 1 aliphatic rings. The Morgan fingerprint density at radius 1 is 1.19 bits per heavy atom. The van der Waals surface area contributed by atoms with Gasteiger partial charge < -0.3 is 4.90 Å². The van der Waals surface area contributed by atoms with Crippen molar-refractivity contribution in [2.75, 3.05) is 20.1 Å². The number of fused-ring (bicyclic) bond motifs is 1. The number of piperidine rings is 1. The van der Waals surface area contributed by atoms with E-state index in [0.717, 1.165) is 24.0 Å². The molecular formula is C23H29N5O3S. The summed E-state index contributed by atoms with van der Waals surface area (Å²) in [6, 6.07) is 14.7. The van der Waals surface area contributed by atoms with Crippen molar-refractivity contribution in [3.63, 3.8) is 0 Å². The van der Waals surface area contributed by atoms with Crippen LogP contribution in [0, 0.1) is 5.92 Å². The molecule has 2 heterocycles. The highest BCUT2D eigenvalue weighted by molar-refractivity contribution is 7.89. The van der Waals surface area contributed by atoms with E-state index >= 15 is 0 Å². The molecule has 0 N–H and O–H groups in total. The number of aromatic nitrogens is 3. The van der Waals surface area contributed by atoms with Crippen molar-refractivity contribution < 1.29 is 13.2 Å². The average Bonchev–Trinajstić information content (AvgIpc) is 3.21. The van der Waals surface area contributed by atoms with Crippen LogP contribution >= 0.6 is 0 Å². The lowest BCUT2D eigenvalue weighted by Crippen LogP contribution is -2.45. The first-order chi connectivity index (χ1) is 15.4. The molecule has 0 spiro atoms. The minimum atomic E-state index is -3.72. The van der Waals surface area contributed by atoms with E-state index in [2.05, 4.69) is 17.2 Å². The van der Waals surface area contributed by atoms with Gasteiger partial charge in [-0.15, -0.1) is 5.10 Å². The summed E-state index contributed by atoms with van der Waals surface area (Å²) < 4.78 is 29.9. The highest BCUT2D eigenvalue weighted by atomic mass is 32.2. The third-order valence-electron chi connectivity index (χ3n) is 5.93. The maximum Gasteiger partial charge on any atom is 0.243 e. The Bertz CT molecular complexity index is 1190. The minimum Gasteiger partial charge on any atom is -0.341 e. The molecule has 0 bridgehead atoms. The summed E-state index contributed by atoms with van der Waals surface area (Å²) in [6.07, 6.45) is 2.26. The molecule has 1 aromatic heterocycles. The zero-order chi connectivity index (χ0) is 22.7. The number of carbonyl (C=O) groups excluding carboxylic acids is 1. The highest BCUT2D eigenvalue weighted by Gasteiger charge is 2.34. The number of aryl methyl sites for hydroxylation is 1. The predicted octanol–water partition coefficient (Wildman–Crippen LogP) is 2.90. The van der Waals surface area contributed by atoms with Gasteiger partial charge in [0.1, 0.15) is 5.52 Å². The standard InChI is InChI=1S/C23H29N5O3S/c1-3-13-28-22-12-11-20(15-21(22)24-25-28)32(30,31)27-14-7-10-19(17-27)23(29)26(2)16-18-8-5-4-6-9-18/h4-6,8-9,11-12,15,19H,3,7,10,13-14,16-17H2,1-2H3. The van der Waals surface area contributed by atoms with Crippen LogP contribution in [0.15, 0.2) is 53.4 Å². The van der Waals surface area contributed by atoms with E-state index in [0.29, 0.717) is 31.4 Å². The number of rotatable bonds is 7. The Kier molecular flexibility index (Phi) is 6.57. The third-order valence-corrected chi connectivity index (χ3v) is 7.79. The van der Waals surface area contributed by atoms with Gasteiger partial charge in [-0.3, -0.25) is 4.79 Å². The van der Waals surface area contributed by atoms with Gasteiger partial charge in [0.05, 0.1) is 16.3 Å². The smallest absolute Gasteiger partial charge is 0.243 e. The zero-order valence-electron chi connectivity index (χ0n) is 18.5. The van der Waals surface area contributed by atoms with Crippen LogP contribution in [0.4, 0.5) is 0 Å². The molecule has 0 saturated carbocycles. The monoisotopic (exact) mass is 455 g/mol. The lowest BCUT2D eigenvalue weighted by atomic mass is 9.98. The van der Waals surface area contributed by atoms with E-state index in [1.54, 1.807) is 34.8 Å². The Labute approximate surface area is 188 Å². The van der Waals surface area contributed by atoms with Crippen molar-refractivity contribution >= 4 is 27.0 Å². The SMILES string of the molecule is CCCn1nnc2cc(S(=O)(=O)N3CCCC(C(=O)N(C)Cc4ccccc4)C3)ccc21. The van der Waals surface area contributed by atoms with Crippen LogP contribution in [0.3, 0.4) is 0 Å². The van der Waals surface area contributed by atoms with Crippen molar-refractivity contribution in [1.82, 2.24) is 24.2 Å². The molecule has 3 aromatic rings. The third kappa shape index (κ3) is 4.54. The maximum absolute atomic E-state index is 13.3. The van der Waals surface area contributed by atoms with E-state index in [1.165, 1.54) is 4.31 Å². The Balaban J connectivity index is 1.49. The number of sulfonamides is 1. The van der Waals surface area contributed by atoms with Crippen LogP contribution in [0.5, 0.6) is 0 Å². The van der Waals surface area contributed by atoms with Gasteiger partial charge in [-0.2, -0.15) is 4.31 Å². The van der Waals surface area contributed by atoms with Gasteiger partial charge in [0.15, 0.2) is 0 Å². The molecule has 1 atom stereocenters. The van der Waals surface area contributed by atoms with E-state index in [1.807, 2.05) is 30.3 Å². The molecule has 2 aromatic carbocycles. The van der Waals surface area contributed by atoms with E-state index < -0.39 is 10.0 Å². The van der Waals surface area contributed by atoms with Gasteiger partial charge in [0, 0.05) is 33.2 Å². The van der Waals surface area contributed by atoms with Crippen molar-refractivity contribution in [1.29, 1.82) is 0 Å². The quantitative estimate of drug-likeness (QED) is 0.547. The Hall–Kier alpha value is -2.78. The lowest BCUT2D eigenvalue weighted by Gasteiger charge is -2.33. The number of carbonyl (C=O) groups is 1. The topological polar surface area (TPSA) is 88.4 Å². The highest BCUT2D eigenvalue weighted by Crippen LogP contribution is 2.27. The molecule has 8 nitrogen and oxygen atoms in total. The van der Waals surface area contributed by atoms with Crippen molar-refractivity contribution in [3.8, 4) is 0 Å². The van der Waals surface area contributed by atoms with Crippen molar-refractivity contribution in [3.05, 3.63) is 54.1 Å². The number of hydrogen-bond donors (Lipinski definition) is 0. The second kappa shape index (κ2) is 9.38. The Morgan fingerprint density at radius 2 is 1.97 bits per heavy atom. The van der Waals surface area contributed by atoms with Gasteiger partial charge in [-0.05, 0) is 43.0 Å². The molecule has 1 aliphatic heterocycles. The van der Waals surface area contributed by atoms with Crippen LogP contribution < -0.4 is 0 Å². The van der Waals surface area contributed by atoms with Crippen molar-refractivity contribution in [2.45, 2.75) is 44.2 Å². The fraction of sp³-hybridized carbons (Fsp3) is 0.435. The van der Waals surface area contributed by atoms with Gasteiger partial charge in [-0.1, -0.05) is 42.5 Å². The molecule has 4 rings (SSSR count). The second-order valence-electron chi connectivity index (χ2n) is 8.35. The summed E-state index contributed by atoms with van der Waals surface area (Å²) in [5.74, 6) is -0.367. The van der Waals surface area contributed by atoms with E-state index in [-0.39, 0.29) is 23.3 Å². The molecule has 170 valence electrons. The summed E-state index contributed by atoms with van der Waals surface area (Å²) in [4.78, 5) is 14.9. The normalized spacial score (nSPS) is 17.5. The number of benzene rings is 2. The van der Waals surface area contributed by atoms with E-state index in [4.69, 9.17) is 0 Å². The van der Waals surface area contributed by atoms with Gasteiger partial charge in [0.2, 0.25) is 15.9 Å². The second-order valence-corrected chi connectivity index (χ2v) is 10.3. The summed E-state index contributed by atoms with van der Waals surface area (Å²) in [5.41, 5.74) is 2.43. The maximum atomic E-state index is 13.3. The molecule has 0 aliphatic carbocycles. The molecule has 9 heteroatoms. The van der Waals surface area contributed by atoms with Crippen LogP contribution in [0.1, 0.15) is 31.7 Å². The molecular weight excluding hydrogens is 426 g/mol. The van der Waals surface area contributed by atoms with Crippen LogP contribution in [-0.2, 0) is 27.9 Å². The fourth-order valence-corrected chi connectivity index (χ4v) is 5.79. The lowest BCUT2D eigenvalue weighted by molar-refractivity contribution is -0.135. The van der Waals surface area contributed by atoms with E-state index in [9.17, 15) is 13.2 Å². The summed E-state index contributed by atoms with van der Waals surface area (Å²) >= 11 is 0. The minimum absolute atomic E-state index is 0.0216. The fourth-order valence-electron chi connectivity index (χ4n) is 4.25. The van der Waals surface area contributed by atoms with Crippen molar-refractivity contribution in [2.24, 2.45) is 5.92 Å². The van der Waals surface area contributed by atoms with Crippen LogP contribution in [0.25, 0.3) is 11.0 Å². The number of hydrogen-bond acceptors (Lipinski definition) is 5.